The molecule has 16 heavy (non-hydrogen) atoms. The van der Waals surface area contributed by atoms with Crippen LogP contribution >= 0.6 is 0 Å². The minimum absolute atomic E-state index is 0.0577. The molecule has 1 aromatic rings. The standard InChI is InChI=1S/C10H15N3O3/c1-4-6(2)16-8-7(9(14)15-3)5-12-10(11)13-8/h5-6H,4H2,1-3H3,(H2,11,12,13)/t6-/m0/s1. The lowest BCUT2D eigenvalue weighted by atomic mass is 10.3. The van der Waals surface area contributed by atoms with Gasteiger partial charge in [-0.3, -0.25) is 0 Å². The maximum absolute atomic E-state index is 11.4. The van der Waals surface area contributed by atoms with Crippen molar-refractivity contribution in [2.45, 2.75) is 26.4 Å². The lowest BCUT2D eigenvalue weighted by molar-refractivity contribution is 0.0591. The minimum atomic E-state index is -0.543. The Morgan fingerprint density at radius 1 is 1.62 bits per heavy atom. The number of nitrogens with two attached hydrogens (primary N) is 1. The molecular formula is C10H15N3O3. The summed E-state index contributed by atoms with van der Waals surface area (Å²) in [6.07, 6.45) is 2.04. The molecule has 0 amide bonds. The zero-order valence-corrected chi connectivity index (χ0v) is 9.56. The Hall–Kier alpha value is -1.85. The number of carbonyl (C=O) groups is 1. The number of carbonyl (C=O) groups excluding carboxylic acids is 1. The highest BCUT2D eigenvalue weighted by Gasteiger charge is 2.17. The molecule has 6 heteroatoms. The summed E-state index contributed by atoms with van der Waals surface area (Å²) in [5.41, 5.74) is 5.61. The van der Waals surface area contributed by atoms with Crippen LogP contribution in [-0.2, 0) is 4.74 Å². The highest BCUT2D eigenvalue weighted by Crippen LogP contribution is 2.18. The lowest BCUT2D eigenvalue weighted by Crippen LogP contribution is -2.16. The topological polar surface area (TPSA) is 87.3 Å². The van der Waals surface area contributed by atoms with Crippen LogP contribution in [0, 0.1) is 0 Å². The predicted octanol–water partition coefficient (Wildman–Crippen LogP) is 1.02. The van der Waals surface area contributed by atoms with E-state index in [1.807, 2.05) is 13.8 Å². The van der Waals surface area contributed by atoms with E-state index in [0.29, 0.717) is 0 Å². The summed E-state index contributed by atoms with van der Waals surface area (Å²) < 4.78 is 10.1. The van der Waals surface area contributed by atoms with Crippen LogP contribution in [0.4, 0.5) is 5.95 Å². The van der Waals surface area contributed by atoms with Gasteiger partial charge in [0.15, 0.2) is 0 Å². The lowest BCUT2D eigenvalue weighted by Gasteiger charge is -2.13. The monoisotopic (exact) mass is 225 g/mol. The maximum atomic E-state index is 11.4. The van der Waals surface area contributed by atoms with E-state index in [9.17, 15) is 4.79 Å². The van der Waals surface area contributed by atoms with Gasteiger partial charge in [-0.1, -0.05) is 6.92 Å². The molecule has 6 nitrogen and oxygen atoms in total. The Bertz CT molecular complexity index is 382. The Kier molecular flexibility index (Phi) is 4.04. The molecule has 1 rings (SSSR count). The molecule has 0 aliphatic rings. The first kappa shape index (κ1) is 12.2. The van der Waals surface area contributed by atoms with Crippen LogP contribution in [0.15, 0.2) is 6.20 Å². The first-order chi connectivity index (χ1) is 7.58. The normalized spacial score (nSPS) is 11.9. The van der Waals surface area contributed by atoms with E-state index in [1.165, 1.54) is 13.3 Å². The average Bonchev–Trinajstić information content (AvgIpc) is 2.28. The summed E-state index contributed by atoms with van der Waals surface area (Å²) in [6.45, 7) is 3.84. The molecule has 0 unspecified atom stereocenters. The van der Waals surface area contributed by atoms with E-state index >= 15 is 0 Å². The molecule has 2 N–H and O–H groups in total. The maximum Gasteiger partial charge on any atom is 0.344 e. The zero-order chi connectivity index (χ0) is 12.1. The van der Waals surface area contributed by atoms with Gasteiger partial charge in [-0.15, -0.1) is 0 Å². The zero-order valence-electron chi connectivity index (χ0n) is 9.56. The third-order valence-electron chi connectivity index (χ3n) is 2.07. The van der Waals surface area contributed by atoms with E-state index < -0.39 is 5.97 Å². The third-order valence-corrected chi connectivity index (χ3v) is 2.07. The number of hydrogen-bond donors (Lipinski definition) is 1. The van der Waals surface area contributed by atoms with Crippen molar-refractivity contribution in [2.24, 2.45) is 0 Å². The van der Waals surface area contributed by atoms with Crippen molar-refractivity contribution in [3.05, 3.63) is 11.8 Å². The molecule has 0 radical (unpaired) electrons. The third kappa shape index (κ3) is 2.82. The van der Waals surface area contributed by atoms with Gasteiger partial charge in [0.05, 0.1) is 19.4 Å². The van der Waals surface area contributed by atoms with Gasteiger partial charge in [0, 0.05) is 0 Å². The van der Waals surface area contributed by atoms with E-state index in [4.69, 9.17) is 10.5 Å². The highest BCUT2D eigenvalue weighted by molar-refractivity contribution is 5.91. The molecule has 0 spiro atoms. The second kappa shape index (κ2) is 5.29. The van der Waals surface area contributed by atoms with Crippen molar-refractivity contribution in [3.8, 4) is 5.88 Å². The molecule has 1 aromatic heterocycles. The smallest absolute Gasteiger partial charge is 0.344 e. The second-order valence-corrected chi connectivity index (χ2v) is 3.28. The molecular weight excluding hydrogens is 210 g/mol. The Morgan fingerprint density at radius 2 is 2.31 bits per heavy atom. The summed E-state index contributed by atoms with van der Waals surface area (Å²) in [5, 5.41) is 0. The molecule has 0 saturated carbocycles. The number of anilines is 1. The van der Waals surface area contributed by atoms with Gasteiger partial charge < -0.3 is 15.2 Å². The van der Waals surface area contributed by atoms with Gasteiger partial charge in [0.2, 0.25) is 11.8 Å². The van der Waals surface area contributed by atoms with Crippen LogP contribution in [-0.4, -0.2) is 29.2 Å². The van der Waals surface area contributed by atoms with Crippen LogP contribution in [0.3, 0.4) is 0 Å². The number of aromatic nitrogens is 2. The van der Waals surface area contributed by atoms with E-state index in [0.717, 1.165) is 6.42 Å². The predicted molar refractivity (Wildman–Crippen MR) is 58.2 cm³/mol. The number of nitrogens with zero attached hydrogens (tertiary/aromatic N) is 2. The van der Waals surface area contributed by atoms with Crippen molar-refractivity contribution in [3.63, 3.8) is 0 Å². The summed E-state index contributed by atoms with van der Waals surface area (Å²) in [7, 11) is 1.28. The fourth-order valence-corrected chi connectivity index (χ4v) is 0.993. The number of nitrogen functional groups attached to an aromatic ring is 1. The second-order valence-electron chi connectivity index (χ2n) is 3.28. The van der Waals surface area contributed by atoms with Crippen LogP contribution in [0.5, 0.6) is 5.88 Å². The van der Waals surface area contributed by atoms with Crippen molar-refractivity contribution >= 4 is 11.9 Å². The fraction of sp³-hybridized carbons (Fsp3) is 0.500. The molecule has 0 aliphatic heterocycles. The van der Waals surface area contributed by atoms with Crippen LogP contribution in [0.1, 0.15) is 30.6 Å². The SMILES string of the molecule is CC[C@H](C)Oc1nc(N)ncc1C(=O)OC. The summed E-state index contributed by atoms with van der Waals surface area (Å²) in [6, 6.07) is 0. The number of esters is 1. The first-order valence-electron chi connectivity index (χ1n) is 4.96. The minimum Gasteiger partial charge on any atom is -0.474 e. The van der Waals surface area contributed by atoms with Crippen molar-refractivity contribution in [1.29, 1.82) is 0 Å². The van der Waals surface area contributed by atoms with Gasteiger partial charge in [0.1, 0.15) is 5.56 Å². The first-order valence-corrected chi connectivity index (χ1v) is 4.96. The van der Waals surface area contributed by atoms with E-state index in [-0.39, 0.29) is 23.5 Å². The molecule has 88 valence electrons. The largest absolute Gasteiger partial charge is 0.474 e. The van der Waals surface area contributed by atoms with Gasteiger partial charge in [0.25, 0.3) is 0 Å². The highest BCUT2D eigenvalue weighted by atomic mass is 16.5. The Balaban J connectivity index is 3.03. The van der Waals surface area contributed by atoms with E-state index in [2.05, 4.69) is 14.7 Å². The van der Waals surface area contributed by atoms with E-state index in [1.54, 1.807) is 0 Å². The molecule has 0 bridgehead atoms. The molecule has 0 fully saturated rings. The Morgan fingerprint density at radius 3 is 2.88 bits per heavy atom. The number of methoxy groups -OCH3 is 1. The molecule has 0 aliphatic carbocycles. The fourth-order valence-electron chi connectivity index (χ4n) is 0.993. The molecule has 0 saturated heterocycles. The molecule has 1 atom stereocenters. The number of hydrogen-bond acceptors (Lipinski definition) is 6. The van der Waals surface area contributed by atoms with Crippen molar-refractivity contribution < 1.29 is 14.3 Å². The van der Waals surface area contributed by atoms with Crippen LogP contribution in [0.25, 0.3) is 0 Å². The number of rotatable bonds is 4. The Labute approximate surface area is 93.8 Å². The number of ether oxygens (including phenoxy) is 2. The van der Waals surface area contributed by atoms with Gasteiger partial charge in [-0.05, 0) is 13.3 Å². The summed E-state index contributed by atoms with van der Waals surface area (Å²) >= 11 is 0. The average molecular weight is 225 g/mol. The van der Waals surface area contributed by atoms with Crippen molar-refractivity contribution in [1.82, 2.24) is 9.97 Å². The summed E-state index contributed by atoms with van der Waals surface area (Å²) in [5.74, 6) is -0.321. The van der Waals surface area contributed by atoms with Gasteiger partial charge in [-0.2, -0.15) is 4.98 Å². The van der Waals surface area contributed by atoms with Gasteiger partial charge >= 0.3 is 5.97 Å². The molecule has 1 heterocycles. The van der Waals surface area contributed by atoms with Gasteiger partial charge in [-0.25, -0.2) is 9.78 Å². The summed E-state index contributed by atoms with van der Waals surface area (Å²) in [4.78, 5) is 19.0. The quantitative estimate of drug-likeness (QED) is 0.770. The van der Waals surface area contributed by atoms with Crippen LogP contribution in [0.2, 0.25) is 0 Å². The molecule has 0 aromatic carbocycles. The van der Waals surface area contributed by atoms with Crippen LogP contribution < -0.4 is 10.5 Å². The van der Waals surface area contributed by atoms with Crippen molar-refractivity contribution in [2.75, 3.05) is 12.8 Å².